The molecule has 0 spiro atoms. The zero-order chi connectivity index (χ0) is 19.6. The highest BCUT2D eigenvalue weighted by molar-refractivity contribution is 5.44. The summed E-state index contributed by atoms with van der Waals surface area (Å²) in [6.45, 7) is 12.3. The summed E-state index contributed by atoms with van der Waals surface area (Å²) in [6.07, 6.45) is -0.904. The molecule has 1 aliphatic rings. The molecule has 2 heterocycles. The van der Waals surface area contributed by atoms with Crippen molar-refractivity contribution in [3.63, 3.8) is 0 Å². The Morgan fingerprint density at radius 3 is 2.67 bits per heavy atom. The van der Waals surface area contributed by atoms with Crippen molar-refractivity contribution in [3.8, 4) is 5.75 Å². The van der Waals surface area contributed by atoms with Crippen LogP contribution in [0.2, 0.25) is 0 Å². The van der Waals surface area contributed by atoms with Crippen LogP contribution < -0.4 is 4.74 Å². The molecule has 0 saturated heterocycles. The monoisotopic (exact) mass is 373 g/mol. The maximum absolute atomic E-state index is 9.82. The van der Waals surface area contributed by atoms with Crippen molar-refractivity contribution < 1.29 is 14.9 Å². The van der Waals surface area contributed by atoms with Crippen LogP contribution in [0.4, 0.5) is 0 Å². The molecular formula is C21H31N3O3. The van der Waals surface area contributed by atoms with Crippen LogP contribution in [0.3, 0.4) is 0 Å². The van der Waals surface area contributed by atoms with Gasteiger partial charge in [-0.1, -0.05) is 19.9 Å². The van der Waals surface area contributed by atoms with E-state index in [2.05, 4.69) is 42.9 Å². The molecule has 3 rings (SSSR count). The van der Waals surface area contributed by atoms with Gasteiger partial charge in [0.1, 0.15) is 11.9 Å². The Balaban J connectivity index is 1.78. The molecule has 2 N–H and O–H groups in total. The number of fused-ring (bicyclic) bond motifs is 1. The Morgan fingerprint density at radius 2 is 2.00 bits per heavy atom. The van der Waals surface area contributed by atoms with Gasteiger partial charge >= 0.3 is 0 Å². The molecule has 2 aromatic rings. The van der Waals surface area contributed by atoms with Crippen LogP contribution in [0, 0.1) is 6.92 Å². The highest BCUT2D eigenvalue weighted by Gasteiger charge is 2.22. The van der Waals surface area contributed by atoms with Gasteiger partial charge in [-0.3, -0.25) is 9.58 Å². The van der Waals surface area contributed by atoms with Crippen molar-refractivity contribution in [3.05, 3.63) is 46.3 Å². The number of ether oxygens (including phenoxy) is 1. The van der Waals surface area contributed by atoms with Crippen molar-refractivity contribution in [1.82, 2.24) is 14.7 Å². The normalized spacial score (nSPS) is 15.8. The molecule has 1 atom stereocenters. The first-order valence-corrected chi connectivity index (χ1v) is 9.77. The fourth-order valence-electron chi connectivity index (χ4n) is 3.62. The number of aryl methyl sites for hydroxylation is 1. The smallest absolute Gasteiger partial charge is 0.123 e. The fraction of sp³-hybridized carbons (Fsp3) is 0.571. The number of aromatic nitrogens is 2. The van der Waals surface area contributed by atoms with Crippen LogP contribution >= 0.6 is 0 Å². The van der Waals surface area contributed by atoms with Crippen LogP contribution in [0.1, 0.15) is 60.9 Å². The minimum absolute atomic E-state index is 0.302. The molecule has 0 amide bonds. The Labute approximate surface area is 161 Å². The van der Waals surface area contributed by atoms with E-state index in [1.165, 1.54) is 16.7 Å². The number of hydrogen-bond donors (Lipinski definition) is 2. The summed E-state index contributed by atoms with van der Waals surface area (Å²) in [5.74, 6) is 1.41. The molecule has 0 aliphatic carbocycles. The lowest BCUT2D eigenvalue weighted by Crippen LogP contribution is -2.33. The molecule has 0 radical (unpaired) electrons. The molecule has 0 fully saturated rings. The third kappa shape index (κ3) is 4.34. The Bertz CT molecular complexity index is 785. The van der Waals surface area contributed by atoms with Crippen LogP contribution in [-0.2, 0) is 19.6 Å². The summed E-state index contributed by atoms with van der Waals surface area (Å²) in [4.78, 5) is 2.40. The third-order valence-corrected chi connectivity index (χ3v) is 5.19. The lowest BCUT2D eigenvalue weighted by molar-refractivity contribution is 0.0915. The molecule has 1 aromatic heterocycles. The van der Waals surface area contributed by atoms with E-state index in [1.807, 2.05) is 17.7 Å². The molecule has 148 valence electrons. The van der Waals surface area contributed by atoms with E-state index in [-0.39, 0.29) is 6.61 Å². The Kier molecular flexibility index (Phi) is 6.19. The van der Waals surface area contributed by atoms with Gasteiger partial charge in [-0.05, 0) is 48.6 Å². The minimum Gasteiger partial charge on any atom is -0.494 e. The van der Waals surface area contributed by atoms with Crippen molar-refractivity contribution in [2.45, 2.75) is 59.4 Å². The number of aliphatic hydroxyl groups is 2. The topological polar surface area (TPSA) is 70.8 Å². The van der Waals surface area contributed by atoms with E-state index in [1.54, 1.807) is 0 Å². The summed E-state index contributed by atoms with van der Waals surface area (Å²) in [7, 11) is 0. The zero-order valence-corrected chi connectivity index (χ0v) is 16.8. The number of hydrogen-bond acceptors (Lipinski definition) is 5. The molecule has 0 saturated carbocycles. The molecule has 6 heteroatoms. The predicted molar refractivity (Wildman–Crippen MR) is 105 cm³/mol. The number of nitrogens with zero attached hydrogens (tertiary/aromatic N) is 3. The first kappa shape index (κ1) is 19.9. The summed E-state index contributed by atoms with van der Waals surface area (Å²) in [6, 6.07) is 6.35. The maximum Gasteiger partial charge on any atom is 0.123 e. The molecule has 0 bridgehead atoms. The van der Waals surface area contributed by atoms with Gasteiger partial charge in [0.2, 0.25) is 0 Å². The van der Waals surface area contributed by atoms with Crippen molar-refractivity contribution >= 4 is 0 Å². The first-order chi connectivity index (χ1) is 12.9. The van der Waals surface area contributed by atoms with E-state index >= 15 is 0 Å². The Hall–Kier alpha value is -1.89. The molecular weight excluding hydrogens is 342 g/mol. The van der Waals surface area contributed by atoms with Crippen molar-refractivity contribution in [1.29, 1.82) is 0 Å². The second-order valence-corrected chi connectivity index (χ2v) is 7.60. The Morgan fingerprint density at radius 1 is 1.22 bits per heavy atom. The van der Waals surface area contributed by atoms with Crippen LogP contribution in [-0.4, -0.2) is 44.7 Å². The molecule has 27 heavy (non-hydrogen) atoms. The molecule has 1 aromatic carbocycles. The SMILES string of the molecule is CCOc1cc(C)c(CN2CCn3nc([C@@H](O)CO)cc3C2)cc1C(C)C. The number of rotatable bonds is 7. The second kappa shape index (κ2) is 8.42. The molecule has 1 aliphatic heterocycles. The summed E-state index contributed by atoms with van der Waals surface area (Å²) in [5, 5.41) is 23.4. The lowest BCUT2D eigenvalue weighted by Gasteiger charge is -2.28. The molecule has 6 nitrogen and oxygen atoms in total. The van der Waals surface area contributed by atoms with E-state index < -0.39 is 6.10 Å². The summed E-state index contributed by atoms with van der Waals surface area (Å²) in [5.41, 5.74) is 5.46. The lowest BCUT2D eigenvalue weighted by atomic mass is 9.96. The van der Waals surface area contributed by atoms with Crippen LogP contribution in [0.25, 0.3) is 0 Å². The predicted octanol–water partition coefficient (Wildman–Crippen LogP) is 2.76. The third-order valence-electron chi connectivity index (χ3n) is 5.19. The van der Waals surface area contributed by atoms with Gasteiger partial charge in [0.25, 0.3) is 0 Å². The van der Waals surface area contributed by atoms with Gasteiger partial charge in [0.05, 0.1) is 31.1 Å². The second-order valence-electron chi connectivity index (χ2n) is 7.60. The van der Waals surface area contributed by atoms with Gasteiger partial charge in [0.15, 0.2) is 0 Å². The molecule has 0 unspecified atom stereocenters. The van der Waals surface area contributed by atoms with Gasteiger partial charge in [0, 0.05) is 19.6 Å². The maximum atomic E-state index is 9.82. The number of aliphatic hydroxyl groups excluding tert-OH is 2. The van der Waals surface area contributed by atoms with E-state index in [0.717, 1.165) is 37.6 Å². The number of benzene rings is 1. The van der Waals surface area contributed by atoms with Crippen molar-refractivity contribution in [2.75, 3.05) is 19.8 Å². The van der Waals surface area contributed by atoms with Gasteiger partial charge in [-0.2, -0.15) is 5.10 Å². The highest BCUT2D eigenvalue weighted by Crippen LogP contribution is 2.31. The van der Waals surface area contributed by atoms with Crippen molar-refractivity contribution in [2.24, 2.45) is 0 Å². The summed E-state index contributed by atoms with van der Waals surface area (Å²) < 4.78 is 7.78. The highest BCUT2D eigenvalue weighted by atomic mass is 16.5. The fourth-order valence-corrected chi connectivity index (χ4v) is 3.62. The van der Waals surface area contributed by atoms with E-state index in [0.29, 0.717) is 18.2 Å². The largest absolute Gasteiger partial charge is 0.494 e. The average Bonchev–Trinajstić information content (AvgIpc) is 3.06. The minimum atomic E-state index is -0.904. The quantitative estimate of drug-likeness (QED) is 0.781. The van der Waals surface area contributed by atoms with Crippen LogP contribution in [0.5, 0.6) is 5.75 Å². The van der Waals surface area contributed by atoms with Gasteiger partial charge < -0.3 is 14.9 Å². The van der Waals surface area contributed by atoms with Gasteiger partial charge in [-0.15, -0.1) is 0 Å². The zero-order valence-electron chi connectivity index (χ0n) is 16.8. The van der Waals surface area contributed by atoms with Crippen LogP contribution in [0.15, 0.2) is 18.2 Å². The average molecular weight is 373 g/mol. The standard InChI is InChI=1S/C21H31N3O3/c1-5-27-21-8-15(4)16(9-18(21)14(2)3)11-23-6-7-24-17(12-23)10-19(22-24)20(26)13-25/h8-10,14,20,25-26H,5-7,11-13H2,1-4H3/t20-/m0/s1. The van der Waals surface area contributed by atoms with E-state index in [4.69, 9.17) is 9.84 Å². The van der Waals surface area contributed by atoms with E-state index in [9.17, 15) is 5.11 Å². The van der Waals surface area contributed by atoms with Gasteiger partial charge in [-0.25, -0.2) is 0 Å². The first-order valence-electron chi connectivity index (χ1n) is 9.77. The summed E-state index contributed by atoms with van der Waals surface area (Å²) >= 11 is 0.